The minimum atomic E-state index is -0.422. The molecule has 0 amide bonds. The quantitative estimate of drug-likeness (QED) is 0.0248. The van der Waals surface area contributed by atoms with Crippen LogP contribution in [0.3, 0.4) is 0 Å². The molecule has 0 aromatic heterocycles. The fraction of sp³-hybridized carbons (Fsp3) is 0.931. The van der Waals surface area contributed by atoms with Gasteiger partial charge in [-0.3, -0.25) is 19.2 Å². The van der Waals surface area contributed by atoms with Gasteiger partial charge in [-0.2, -0.15) is 0 Å². The Morgan fingerprint density at radius 1 is 0.384 bits per heavy atom. The maximum absolute atomic E-state index is 11.8. The molecule has 0 aliphatic carbocycles. The molecule has 0 saturated carbocycles. The summed E-state index contributed by atoms with van der Waals surface area (Å²) in [4.78, 5) is 45.7. The highest BCUT2D eigenvalue weighted by molar-refractivity contribution is 9.09. The summed E-state index contributed by atoms with van der Waals surface area (Å²) in [5.74, 6) is 1.03. The molecule has 0 aromatic rings. The number of hydrogen-bond acceptors (Lipinski definition) is 12. The first-order valence-corrected chi connectivity index (χ1v) is 30.6. The van der Waals surface area contributed by atoms with Gasteiger partial charge in [0.25, 0.3) is 0 Å². The van der Waals surface area contributed by atoms with Crippen LogP contribution < -0.4 is 0 Å². The highest BCUT2D eigenvalue weighted by atomic mass is 79.9. The highest BCUT2D eigenvalue weighted by Crippen LogP contribution is 2.27. The Kier molecular flexibility index (Phi) is 66.3. The lowest BCUT2D eigenvalue weighted by atomic mass is 9.87. The molecule has 73 heavy (non-hydrogen) atoms. The number of rotatable bonds is 43. The Morgan fingerprint density at radius 3 is 0.836 bits per heavy atom. The van der Waals surface area contributed by atoms with E-state index >= 15 is 0 Å². The second kappa shape index (κ2) is 60.0. The van der Waals surface area contributed by atoms with Crippen LogP contribution in [0.1, 0.15) is 232 Å². The Morgan fingerprint density at radius 2 is 0.630 bits per heavy atom. The lowest BCUT2D eigenvalue weighted by Gasteiger charge is -2.22. The van der Waals surface area contributed by atoms with E-state index in [0.29, 0.717) is 39.6 Å². The molecule has 0 atom stereocenters. The fourth-order valence-electron chi connectivity index (χ4n) is 6.12. The third kappa shape index (κ3) is 61.5. The van der Waals surface area contributed by atoms with E-state index < -0.39 is 10.8 Å². The molecule has 0 aliphatic heterocycles. The van der Waals surface area contributed by atoms with Crippen molar-refractivity contribution in [2.24, 2.45) is 22.2 Å². The van der Waals surface area contributed by atoms with Crippen LogP contribution >= 0.6 is 39.1 Å². The topological polar surface area (TPSA) is 142 Å². The van der Waals surface area contributed by atoms with Crippen molar-refractivity contribution in [1.82, 2.24) is 0 Å². The van der Waals surface area contributed by atoms with Crippen molar-refractivity contribution in [3.8, 4) is 0 Å². The number of carbonyl (C=O) groups is 4. The molecule has 0 unspecified atom stereocenters. The van der Waals surface area contributed by atoms with Crippen LogP contribution in [0.2, 0.25) is 0 Å². The maximum Gasteiger partial charge on any atom is 0.311 e. The molecule has 0 spiro atoms. The van der Waals surface area contributed by atoms with Crippen molar-refractivity contribution in [2.75, 3.05) is 96.4 Å². The summed E-state index contributed by atoms with van der Waals surface area (Å²) >= 11 is 14.4. The Bertz CT molecular complexity index is 1120. The van der Waals surface area contributed by atoms with Gasteiger partial charge in [0.15, 0.2) is 0 Å². The number of esters is 4. The van der Waals surface area contributed by atoms with E-state index in [1.807, 2.05) is 76.2 Å². The van der Waals surface area contributed by atoms with Gasteiger partial charge >= 0.3 is 23.9 Å². The highest BCUT2D eigenvalue weighted by Gasteiger charge is 2.30. The van der Waals surface area contributed by atoms with E-state index in [-0.39, 0.29) is 35.2 Å². The molecular formula is C58H115BrCl2O12. The summed E-state index contributed by atoms with van der Waals surface area (Å²) in [6.07, 6.45) is 22.4. The van der Waals surface area contributed by atoms with Gasteiger partial charge in [-0.05, 0) is 159 Å². The number of halogens is 3. The van der Waals surface area contributed by atoms with Gasteiger partial charge in [0.05, 0.1) is 48.6 Å². The molecule has 0 N–H and O–H groups in total. The first kappa shape index (κ1) is 80.6. The summed E-state index contributed by atoms with van der Waals surface area (Å²) in [7, 11) is 0. The predicted molar refractivity (Wildman–Crippen MR) is 310 cm³/mol. The Labute approximate surface area is 468 Å². The lowest BCUT2D eigenvalue weighted by Crippen LogP contribution is -2.26. The number of alkyl halides is 3. The van der Waals surface area contributed by atoms with Crippen molar-refractivity contribution in [3.63, 3.8) is 0 Å². The maximum atomic E-state index is 11.8. The van der Waals surface area contributed by atoms with E-state index in [4.69, 9.17) is 56.4 Å². The normalized spacial score (nSPS) is 11.2. The van der Waals surface area contributed by atoms with Crippen molar-refractivity contribution in [2.45, 2.75) is 232 Å². The van der Waals surface area contributed by atoms with Gasteiger partial charge < -0.3 is 37.9 Å². The molecule has 0 radical (unpaired) electrons. The summed E-state index contributed by atoms with van der Waals surface area (Å²) in [6.45, 7) is 35.4. The molecule has 0 bridgehead atoms. The molecule has 0 heterocycles. The average molecular weight is 1160 g/mol. The molecule has 0 rings (SSSR count). The molecule has 15 heteroatoms. The summed E-state index contributed by atoms with van der Waals surface area (Å²) in [6, 6.07) is 0. The third-order valence-electron chi connectivity index (χ3n) is 11.1. The molecule has 440 valence electrons. The van der Waals surface area contributed by atoms with E-state index in [2.05, 4.69) is 34.5 Å². The molecular weight excluding hydrogens is 1040 g/mol. The van der Waals surface area contributed by atoms with Crippen LogP contribution in [0.4, 0.5) is 0 Å². The van der Waals surface area contributed by atoms with E-state index in [1.165, 1.54) is 44.9 Å². The second-order valence-corrected chi connectivity index (χ2v) is 21.7. The molecule has 0 aliphatic rings. The van der Waals surface area contributed by atoms with Crippen LogP contribution in [0, 0.1) is 22.2 Å². The Hall–Kier alpha value is -1.22. The minimum Gasteiger partial charge on any atom is -0.466 e. The van der Waals surface area contributed by atoms with Crippen LogP contribution in [-0.4, -0.2) is 120 Å². The van der Waals surface area contributed by atoms with Gasteiger partial charge in [0.1, 0.15) is 0 Å². The van der Waals surface area contributed by atoms with Crippen LogP contribution in [0.25, 0.3) is 0 Å². The SMILES string of the molecule is CCCCCOCCCCBr.CCCCCOCCCCC(C)(C)C(=O)OCC.CCOC(=O)C(C)(C)CCCCOCCCCC(C)(C)C(=O)OCC.CCOC(=O)C(C)C.ClCCCCOCCCCCl. The van der Waals surface area contributed by atoms with Crippen molar-refractivity contribution in [3.05, 3.63) is 0 Å². The predicted octanol–water partition coefficient (Wildman–Crippen LogP) is 16.1. The molecule has 12 nitrogen and oxygen atoms in total. The first-order chi connectivity index (χ1) is 34.7. The van der Waals surface area contributed by atoms with Crippen LogP contribution in [0.5, 0.6) is 0 Å². The van der Waals surface area contributed by atoms with E-state index in [9.17, 15) is 19.2 Å². The molecule has 0 saturated heterocycles. The van der Waals surface area contributed by atoms with E-state index in [0.717, 1.165) is 147 Å². The standard InChI is InChI=1S/C20H38O5.C15H30O3.C9H19BrO.C8H16Cl2O.C6H12O2/c1-7-24-17(21)19(3,4)13-9-11-15-23-16-12-10-14-20(5,6)18(22)25-8-2;1-5-7-9-12-17-13-10-8-11-15(3,4)14(16)18-6-2;1-2-3-5-8-11-9-6-4-7-10;9-5-1-3-7-11-8-4-2-6-10;1-4-8-6(7)5(2)3/h7-16H2,1-6H3;5-13H2,1-4H3;2-9H2,1H3;1-8H2;5H,4H2,1-3H3. The first-order valence-electron chi connectivity index (χ1n) is 28.4. The van der Waals surface area contributed by atoms with Gasteiger partial charge in [0.2, 0.25) is 0 Å². The lowest BCUT2D eigenvalue weighted by molar-refractivity contribution is -0.154. The van der Waals surface area contributed by atoms with E-state index in [1.54, 1.807) is 6.92 Å². The van der Waals surface area contributed by atoms with Gasteiger partial charge in [-0.1, -0.05) is 88.6 Å². The molecule has 0 fully saturated rings. The van der Waals surface area contributed by atoms with Crippen LogP contribution in [-0.2, 0) is 57.1 Å². The molecule has 0 aromatic carbocycles. The van der Waals surface area contributed by atoms with Gasteiger partial charge in [-0.15, -0.1) is 23.2 Å². The fourth-order valence-corrected chi connectivity index (χ4v) is 6.89. The van der Waals surface area contributed by atoms with Gasteiger partial charge in [-0.25, -0.2) is 0 Å². The van der Waals surface area contributed by atoms with Gasteiger partial charge in [0, 0.05) is 69.9 Å². The summed E-state index contributed by atoms with van der Waals surface area (Å²) < 4.78 is 41.8. The number of ether oxygens (including phenoxy) is 8. The smallest absolute Gasteiger partial charge is 0.311 e. The largest absolute Gasteiger partial charge is 0.466 e. The third-order valence-corrected chi connectivity index (χ3v) is 12.2. The van der Waals surface area contributed by atoms with Crippen LogP contribution in [0.15, 0.2) is 0 Å². The van der Waals surface area contributed by atoms with Crippen molar-refractivity contribution in [1.29, 1.82) is 0 Å². The average Bonchev–Trinajstić information content (AvgIpc) is 3.34. The number of carbonyl (C=O) groups excluding carboxylic acids is 4. The summed E-state index contributed by atoms with van der Waals surface area (Å²) in [5, 5.41) is 1.10. The zero-order valence-electron chi connectivity index (χ0n) is 49.6. The van der Waals surface area contributed by atoms with Crippen molar-refractivity contribution >= 4 is 63.0 Å². The number of unbranched alkanes of at least 4 members (excludes halogenated alkanes) is 10. The second-order valence-electron chi connectivity index (χ2n) is 20.1. The minimum absolute atomic E-state index is 0.00921. The zero-order valence-corrected chi connectivity index (χ0v) is 52.7. The number of hydrogen-bond donors (Lipinski definition) is 0. The Balaban J connectivity index is -0.000000281. The monoisotopic (exact) mass is 1150 g/mol. The zero-order chi connectivity index (χ0) is 56.5. The summed E-state index contributed by atoms with van der Waals surface area (Å²) in [5.41, 5.74) is -1.21. The van der Waals surface area contributed by atoms with Crippen molar-refractivity contribution < 1.29 is 57.1 Å².